The zero-order valence-electron chi connectivity index (χ0n) is 11.3. The summed E-state index contributed by atoms with van der Waals surface area (Å²) in [5.41, 5.74) is 6.83. The summed E-state index contributed by atoms with van der Waals surface area (Å²) >= 11 is 0. The number of aryl methyl sites for hydroxylation is 1. The Labute approximate surface area is 114 Å². The van der Waals surface area contributed by atoms with Crippen molar-refractivity contribution in [1.29, 1.82) is 0 Å². The highest BCUT2D eigenvalue weighted by Gasteiger charge is 2.32. The minimum Gasteiger partial charge on any atom is -0.398 e. The molecule has 2 rings (SSSR count). The second-order valence-corrected chi connectivity index (χ2v) is 6.63. The van der Waals surface area contributed by atoms with Crippen molar-refractivity contribution in [2.45, 2.75) is 31.3 Å². The van der Waals surface area contributed by atoms with Crippen LogP contribution in [0.2, 0.25) is 0 Å². The fraction of sp³-hybridized carbons (Fsp3) is 0.538. The molecule has 1 heterocycles. The van der Waals surface area contributed by atoms with Gasteiger partial charge in [-0.2, -0.15) is 4.31 Å². The molecule has 0 radical (unpaired) electrons. The quantitative estimate of drug-likeness (QED) is 0.851. The Morgan fingerprint density at radius 1 is 1.47 bits per heavy atom. The van der Waals surface area contributed by atoms with Crippen LogP contribution in [0.25, 0.3) is 0 Å². The smallest absolute Gasteiger partial charge is 0.245 e. The summed E-state index contributed by atoms with van der Waals surface area (Å²) < 4.78 is 32.3. The molecule has 0 saturated carbocycles. The second kappa shape index (κ2) is 5.48. The van der Waals surface area contributed by atoms with Gasteiger partial charge in [0.15, 0.2) is 0 Å². The first kappa shape index (κ1) is 14.3. The topological polar surface area (TPSA) is 72.6 Å². The lowest BCUT2D eigenvalue weighted by molar-refractivity contribution is -0.00277. The van der Waals surface area contributed by atoms with E-state index in [1.165, 1.54) is 4.31 Å². The lowest BCUT2D eigenvalue weighted by Gasteiger charge is -2.32. The predicted molar refractivity (Wildman–Crippen MR) is 74.4 cm³/mol. The summed E-state index contributed by atoms with van der Waals surface area (Å²) in [4.78, 5) is 0.228. The summed E-state index contributed by atoms with van der Waals surface area (Å²) in [7, 11) is -3.54. The van der Waals surface area contributed by atoms with Crippen LogP contribution in [0.3, 0.4) is 0 Å². The maximum absolute atomic E-state index is 12.7. The van der Waals surface area contributed by atoms with Gasteiger partial charge in [-0.05, 0) is 25.0 Å². The first-order valence-electron chi connectivity index (χ1n) is 6.43. The van der Waals surface area contributed by atoms with E-state index < -0.39 is 10.0 Å². The van der Waals surface area contributed by atoms with Crippen molar-refractivity contribution < 1.29 is 13.2 Å². The molecule has 1 saturated heterocycles. The van der Waals surface area contributed by atoms with Gasteiger partial charge in [-0.1, -0.05) is 19.1 Å². The van der Waals surface area contributed by atoms with E-state index in [4.69, 9.17) is 10.5 Å². The van der Waals surface area contributed by atoms with Crippen LogP contribution >= 0.6 is 0 Å². The fourth-order valence-electron chi connectivity index (χ4n) is 2.31. The molecule has 1 aromatic carbocycles. The van der Waals surface area contributed by atoms with Gasteiger partial charge in [0, 0.05) is 13.1 Å². The number of ether oxygens (including phenoxy) is 1. The Morgan fingerprint density at radius 2 is 2.21 bits per heavy atom. The summed E-state index contributed by atoms with van der Waals surface area (Å²) in [5, 5.41) is 0. The fourth-order valence-corrected chi connectivity index (χ4v) is 4.09. The highest BCUT2D eigenvalue weighted by molar-refractivity contribution is 7.89. The highest BCUT2D eigenvalue weighted by atomic mass is 32.2. The molecule has 2 N–H and O–H groups in total. The van der Waals surface area contributed by atoms with E-state index in [9.17, 15) is 8.42 Å². The molecular formula is C13H20N2O3S. The van der Waals surface area contributed by atoms with E-state index in [-0.39, 0.29) is 11.0 Å². The van der Waals surface area contributed by atoms with Crippen LogP contribution in [0.5, 0.6) is 0 Å². The van der Waals surface area contributed by atoms with Gasteiger partial charge >= 0.3 is 0 Å². The Kier molecular flexibility index (Phi) is 4.13. The molecule has 1 fully saturated rings. The third-order valence-corrected chi connectivity index (χ3v) is 5.48. The van der Waals surface area contributed by atoms with Crippen LogP contribution in [0.4, 0.5) is 5.69 Å². The summed E-state index contributed by atoms with van der Waals surface area (Å²) in [6.45, 7) is 4.96. The van der Waals surface area contributed by atoms with Gasteiger partial charge in [0.25, 0.3) is 0 Å². The lowest BCUT2D eigenvalue weighted by atomic mass is 10.2. The third-order valence-electron chi connectivity index (χ3n) is 3.40. The van der Waals surface area contributed by atoms with Gasteiger partial charge in [-0.3, -0.25) is 0 Å². The second-order valence-electron chi connectivity index (χ2n) is 4.76. The summed E-state index contributed by atoms with van der Waals surface area (Å²) in [6.07, 6.45) is 0.767. The van der Waals surface area contributed by atoms with Crippen molar-refractivity contribution in [3.05, 3.63) is 23.8 Å². The largest absolute Gasteiger partial charge is 0.398 e. The average molecular weight is 284 g/mol. The van der Waals surface area contributed by atoms with E-state index in [1.807, 2.05) is 6.92 Å². The summed E-state index contributed by atoms with van der Waals surface area (Å²) in [5.74, 6) is 0. The van der Waals surface area contributed by atoms with Crippen molar-refractivity contribution in [2.75, 3.05) is 25.4 Å². The zero-order valence-corrected chi connectivity index (χ0v) is 12.1. The predicted octanol–water partition coefficient (Wildman–Crippen LogP) is 1.38. The molecule has 106 valence electrons. The third kappa shape index (κ3) is 2.75. The Bertz CT molecular complexity index is 537. The minimum atomic E-state index is -3.54. The Balaban J connectivity index is 2.37. The number of anilines is 1. The van der Waals surface area contributed by atoms with Gasteiger partial charge in [-0.15, -0.1) is 0 Å². The van der Waals surface area contributed by atoms with Crippen LogP contribution < -0.4 is 5.73 Å². The zero-order chi connectivity index (χ0) is 14.0. The number of rotatable bonds is 3. The van der Waals surface area contributed by atoms with Crippen molar-refractivity contribution >= 4 is 15.7 Å². The molecule has 1 atom stereocenters. The molecule has 1 aliphatic rings. The maximum Gasteiger partial charge on any atom is 0.245 e. The molecule has 0 bridgehead atoms. The van der Waals surface area contributed by atoms with E-state index in [0.29, 0.717) is 30.9 Å². The van der Waals surface area contributed by atoms with Crippen LogP contribution in [0.1, 0.15) is 18.9 Å². The number of hydrogen-bond acceptors (Lipinski definition) is 4. The Hall–Kier alpha value is -1.11. The number of hydrogen-bond donors (Lipinski definition) is 1. The SMILES string of the molecule is CCC1CN(S(=O)(=O)c2c(C)cccc2N)CCO1. The molecule has 0 aliphatic carbocycles. The first-order valence-corrected chi connectivity index (χ1v) is 7.87. The standard InChI is InChI=1S/C13H20N2O3S/c1-3-11-9-15(7-8-18-11)19(16,17)13-10(2)5-4-6-12(13)14/h4-6,11H,3,7-9,14H2,1-2H3. The molecule has 6 heteroatoms. The van der Waals surface area contributed by atoms with E-state index in [0.717, 1.165) is 6.42 Å². The number of sulfonamides is 1. The molecule has 1 aliphatic heterocycles. The normalized spacial score (nSPS) is 21.5. The lowest BCUT2D eigenvalue weighted by Crippen LogP contribution is -2.45. The number of nitrogens with zero attached hydrogens (tertiary/aromatic N) is 1. The number of nitrogen functional groups attached to an aromatic ring is 1. The summed E-state index contributed by atoms with van der Waals surface area (Å²) in [6, 6.07) is 5.15. The molecule has 1 unspecified atom stereocenters. The molecule has 19 heavy (non-hydrogen) atoms. The number of benzene rings is 1. The van der Waals surface area contributed by atoms with Crippen molar-refractivity contribution in [2.24, 2.45) is 0 Å². The van der Waals surface area contributed by atoms with Crippen LogP contribution in [0, 0.1) is 6.92 Å². The average Bonchev–Trinajstić information content (AvgIpc) is 2.38. The van der Waals surface area contributed by atoms with E-state index in [2.05, 4.69) is 0 Å². The number of morpholine rings is 1. The van der Waals surface area contributed by atoms with Gasteiger partial charge in [0.1, 0.15) is 4.90 Å². The van der Waals surface area contributed by atoms with Gasteiger partial charge < -0.3 is 10.5 Å². The molecule has 0 aromatic heterocycles. The van der Waals surface area contributed by atoms with Gasteiger partial charge in [-0.25, -0.2) is 8.42 Å². The maximum atomic E-state index is 12.7. The Morgan fingerprint density at radius 3 is 2.84 bits per heavy atom. The molecule has 0 amide bonds. The number of nitrogens with two attached hydrogens (primary N) is 1. The highest BCUT2D eigenvalue weighted by Crippen LogP contribution is 2.27. The van der Waals surface area contributed by atoms with Gasteiger partial charge in [0.2, 0.25) is 10.0 Å². The van der Waals surface area contributed by atoms with Crippen molar-refractivity contribution in [3.8, 4) is 0 Å². The molecule has 0 spiro atoms. The van der Waals surface area contributed by atoms with Gasteiger partial charge in [0.05, 0.1) is 18.4 Å². The molecule has 5 nitrogen and oxygen atoms in total. The van der Waals surface area contributed by atoms with Crippen LogP contribution in [0.15, 0.2) is 23.1 Å². The molecular weight excluding hydrogens is 264 g/mol. The monoisotopic (exact) mass is 284 g/mol. The van der Waals surface area contributed by atoms with E-state index in [1.54, 1.807) is 25.1 Å². The van der Waals surface area contributed by atoms with Crippen molar-refractivity contribution in [3.63, 3.8) is 0 Å². The van der Waals surface area contributed by atoms with E-state index >= 15 is 0 Å². The first-order chi connectivity index (χ1) is 8.96. The molecule has 1 aromatic rings. The van der Waals surface area contributed by atoms with Crippen LogP contribution in [-0.4, -0.2) is 38.5 Å². The minimum absolute atomic E-state index is 0.0335. The van der Waals surface area contributed by atoms with Crippen LogP contribution in [-0.2, 0) is 14.8 Å². The van der Waals surface area contributed by atoms with Crippen molar-refractivity contribution in [1.82, 2.24) is 4.31 Å².